The average Bonchev–Trinajstić information content (AvgIpc) is 3.02. The Hall–Kier alpha value is -1.36. The number of carbonyl (C=O) groups excluding carboxylic acids is 1. The van der Waals surface area contributed by atoms with Gasteiger partial charge >= 0.3 is 0 Å². The highest BCUT2D eigenvalue weighted by molar-refractivity contribution is 9.10. The van der Waals surface area contributed by atoms with E-state index in [-0.39, 0.29) is 11.9 Å². The zero-order chi connectivity index (χ0) is 15.5. The molecule has 0 radical (unpaired) electrons. The molecular weight excluding hydrogens is 368 g/mol. The lowest BCUT2D eigenvalue weighted by atomic mass is 10.0. The Kier molecular flexibility index (Phi) is 4.81. The molecule has 5 heteroatoms. The summed E-state index contributed by atoms with van der Waals surface area (Å²) in [6.45, 7) is 1.25. The van der Waals surface area contributed by atoms with Crippen molar-refractivity contribution in [2.45, 2.75) is 12.5 Å². The largest absolute Gasteiger partial charge is 0.487 e. The van der Waals surface area contributed by atoms with Gasteiger partial charge in [0.05, 0.1) is 23.8 Å². The molecule has 1 heterocycles. The average molecular weight is 382 g/mol. The fourth-order valence-corrected chi connectivity index (χ4v) is 2.92. The molecule has 2 aromatic carbocycles. The van der Waals surface area contributed by atoms with Gasteiger partial charge in [0, 0.05) is 16.5 Å². The van der Waals surface area contributed by atoms with E-state index in [2.05, 4.69) is 15.9 Å². The molecule has 0 unspecified atom stereocenters. The van der Waals surface area contributed by atoms with E-state index < -0.39 is 0 Å². The van der Waals surface area contributed by atoms with E-state index in [1.165, 1.54) is 0 Å². The van der Waals surface area contributed by atoms with Gasteiger partial charge in [-0.2, -0.15) is 0 Å². The van der Waals surface area contributed by atoms with Crippen molar-refractivity contribution in [2.24, 2.45) is 0 Å². The molecule has 1 atom stereocenters. The SMILES string of the molecule is O=C(c1cc(Br)ccc1Cl)c1ccccc1O[C@H]1CCOC1. The normalized spacial score (nSPS) is 17.5. The van der Waals surface area contributed by atoms with Crippen molar-refractivity contribution in [2.75, 3.05) is 13.2 Å². The quantitative estimate of drug-likeness (QED) is 0.731. The summed E-state index contributed by atoms with van der Waals surface area (Å²) in [5.41, 5.74) is 0.962. The number of hydrogen-bond acceptors (Lipinski definition) is 3. The van der Waals surface area contributed by atoms with E-state index in [9.17, 15) is 4.79 Å². The van der Waals surface area contributed by atoms with Crippen LogP contribution in [0.3, 0.4) is 0 Å². The van der Waals surface area contributed by atoms with Gasteiger partial charge in [-0.3, -0.25) is 4.79 Å². The molecular formula is C17H14BrClO3. The van der Waals surface area contributed by atoms with Gasteiger partial charge in [-0.25, -0.2) is 0 Å². The molecule has 1 fully saturated rings. The molecule has 0 saturated carbocycles. The Balaban J connectivity index is 1.93. The molecule has 1 aliphatic heterocycles. The molecule has 22 heavy (non-hydrogen) atoms. The Bertz CT molecular complexity index is 696. The van der Waals surface area contributed by atoms with Crippen LogP contribution in [-0.2, 0) is 4.74 Å². The summed E-state index contributed by atoms with van der Waals surface area (Å²) in [5, 5.41) is 0.423. The molecule has 114 valence electrons. The van der Waals surface area contributed by atoms with E-state index in [1.54, 1.807) is 30.3 Å². The first-order valence-electron chi connectivity index (χ1n) is 6.98. The highest BCUT2D eigenvalue weighted by Gasteiger charge is 2.22. The van der Waals surface area contributed by atoms with Gasteiger partial charge in [0.15, 0.2) is 5.78 Å². The molecule has 3 nitrogen and oxygen atoms in total. The molecule has 3 rings (SSSR count). The summed E-state index contributed by atoms with van der Waals surface area (Å²) in [4.78, 5) is 12.8. The van der Waals surface area contributed by atoms with Crippen LogP contribution in [0.5, 0.6) is 5.75 Å². The maximum absolute atomic E-state index is 12.8. The third-order valence-electron chi connectivity index (χ3n) is 3.49. The summed E-state index contributed by atoms with van der Waals surface area (Å²) >= 11 is 9.53. The van der Waals surface area contributed by atoms with E-state index >= 15 is 0 Å². The van der Waals surface area contributed by atoms with E-state index in [1.807, 2.05) is 12.1 Å². The highest BCUT2D eigenvalue weighted by Crippen LogP contribution is 2.28. The minimum absolute atomic E-state index is 0.00747. The number of hydrogen-bond donors (Lipinski definition) is 0. The van der Waals surface area contributed by atoms with Gasteiger partial charge in [0.1, 0.15) is 11.9 Å². The summed E-state index contributed by atoms with van der Waals surface area (Å²) in [5.74, 6) is 0.417. The predicted molar refractivity (Wildman–Crippen MR) is 88.9 cm³/mol. The van der Waals surface area contributed by atoms with Gasteiger partial charge in [-0.15, -0.1) is 0 Å². The Labute approximate surface area is 142 Å². The summed E-state index contributed by atoms with van der Waals surface area (Å²) in [6.07, 6.45) is 0.826. The number of ketones is 1. The van der Waals surface area contributed by atoms with Crippen molar-refractivity contribution in [3.05, 3.63) is 63.1 Å². The molecule has 1 aliphatic rings. The molecule has 0 amide bonds. The summed E-state index contributed by atoms with van der Waals surface area (Å²) < 4.78 is 12.0. The first kappa shape index (κ1) is 15.5. The van der Waals surface area contributed by atoms with Crippen LogP contribution in [0.25, 0.3) is 0 Å². The molecule has 0 spiro atoms. The minimum atomic E-state index is -0.152. The zero-order valence-electron chi connectivity index (χ0n) is 11.7. The molecule has 0 aliphatic carbocycles. The van der Waals surface area contributed by atoms with Crippen molar-refractivity contribution >= 4 is 33.3 Å². The highest BCUT2D eigenvalue weighted by atomic mass is 79.9. The van der Waals surface area contributed by atoms with E-state index in [0.29, 0.717) is 35.1 Å². The minimum Gasteiger partial charge on any atom is -0.487 e. The first-order valence-corrected chi connectivity index (χ1v) is 8.15. The standard InChI is InChI=1S/C17H14BrClO3/c18-11-5-6-15(19)14(9-11)17(20)13-3-1-2-4-16(13)22-12-7-8-21-10-12/h1-6,9,12H,7-8,10H2/t12-/m0/s1. The number of carbonyl (C=O) groups is 1. The molecule has 1 saturated heterocycles. The van der Waals surface area contributed by atoms with Gasteiger partial charge in [-0.1, -0.05) is 39.7 Å². The second kappa shape index (κ2) is 6.82. The van der Waals surface area contributed by atoms with Gasteiger partial charge in [-0.05, 0) is 30.3 Å². The van der Waals surface area contributed by atoms with Crippen molar-refractivity contribution in [1.82, 2.24) is 0 Å². The zero-order valence-corrected chi connectivity index (χ0v) is 14.1. The van der Waals surface area contributed by atoms with E-state index in [4.69, 9.17) is 21.1 Å². The van der Waals surface area contributed by atoms with Crippen LogP contribution < -0.4 is 4.74 Å². The number of halogens is 2. The predicted octanol–water partition coefficient (Wildman–Crippen LogP) is 4.50. The second-order valence-electron chi connectivity index (χ2n) is 5.05. The summed E-state index contributed by atoms with van der Waals surface area (Å²) in [6, 6.07) is 12.5. The topological polar surface area (TPSA) is 35.5 Å². The van der Waals surface area contributed by atoms with Gasteiger partial charge < -0.3 is 9.47 Å². The number of benzene rings is 2. The molecule has 2 aromatic rings. The third-order valence-corrected chi connectivity index (χ3v) is 4.31. The number of para-hydroxylation sites is 1. The lowest BCUT2D eigenvalue weighted by Gasteiger charge is -2.15. The van der Waals surface area contributed by atoms with Gasteiger partial charge in [0.25, 0.3) is 0 Å². The smallest absolute Gasteiger partial charge is 0.198 e. The van der Waals surface area contributed by atoms with Crippen LogP contribution in [0, 0.1) is 0 Å². The van der Waals surface area contributed by atoms with Crippen molar-refractivity contribution in [3.63, 3.8) is 0 Å². The Morgan fingerprint density at radius 1 is 1.23 bits per heavy atom. The molecule has 0 aromatic heterocycles. The van der Waals surface area contributed by atoms with Crippen LogP contribution in [0.15, 0.2) is 46.9 Å². The van der Waals surface area contributed by atoms with Crippen LogP contribution >= 0.6 is 27.5 Å². The van der Waals surface area contributed by atoms with Crippen LogP contribution in [0.4, 0.5) is 0 Å². The van der Waals surface area contributed by atoms with Gasteiger partial charge in [0.2, 0.25) is 0 Å². The third kappa shape index (κ3) is 3.35. The maximum atomic E-state index is 12.8. The maximum Gasteiger partial charge on any atom is 0.198 e. The fourth-order valence-electron chi connectivity index (χ4n) is 2.36. The second-order valence-corrected chi connectivity index (χ2v) is 6.38. The summed E-state index contributed by atoms with van der Waals surface area (Å²) in [7, 11) is 0. The van der Waals surface area contributed by atoms with Crippen LogP contribution in [0.1, 0.15) is 22.3 Å². The molecule has 0 bridgehead atoms. The first-order chi connectivity index (χ1) is 10.6. The van der Waals surface area contributed by atoms with Crippen LogP contribution in [-0.4, -0.2) is 25.1 Å². The fraction of sp³-hybridized carbons (Fsp3) is 0.235. The Morgan fingerprint density at radius 3 is 2.82 bits per heavy atom. The monoisotopic (exact) mass is 380 g/mol. The number of rotatable bonds is 4. The van der Waals surface area contributed by atoms with Crippen LogP contribution in [0.2, 0.25) is 5.02 Å². The van der Waals surface area contributed by atoms with Crippen molar-refractivity contribution in [3.8, 4) is 5.75 Å². The lowest BCUT2D eigenvalue weighted by molar-refractivity contribution is 0.102. The molecule has 0 N–H and O–H groups in total. The number of ether oxygens (including phenoxy) is 2. The van der Waals surface area contributed by atoms with Crippen molar-refractivity contribution in [1.29, 1.82) is 0 Å². The van der Waals surface area contributed by atoms with E-state index in [0.717, 1.165) is 10.9 Å². The Morgan fingerprint density at radius 2 is 2.05 bits per heavy atom. The lowest BCUT2D eigenvalue weighted by Crippen LogP contribution is -2.17. The van der Waals surface area contributed by atoms with Crippen molar-refractivity contribution < 1.29 is 14.3 Å².